The molecular formula is C15H20N4. The highest BCUT2D eigenvalue weighted by molar-refractivity contribution is 5.49. The number of anilines is 1. The van der Waals surface area contributed by atoms with E-state index in [1.807, 2.05) is 12.3 Å². The lowest BCUT2D eigenvalue weighted by Crippen LogP contribution is -2.11. The van der Waals surface area contributed by atoms with Crippen LogP contribution in [0.5, 0.6) is 0 Å². The first-order valence-corrected chi connectivity index (χ1v) is 6.70. The third kappa shape index (κ3) is 2.36. The zero-order chi connectivity index (χ0) is 13.4. The Morgan fingerprint density at radius 3 is 3.05 bits per heavy atom. The molecule has 19 heavy (non-hydrogen) atoms. The van der Waals surface area contributed by atoms with Crippen LogP contribution in [-0.4, -0.2) is 29.0 Å². The van der Waals surface area contributed by atoms with Gasteiger partial charge < -0.3 is 15.6 Å². The summed E-state index contributed by atoms with van der Waals surface area (Å²) in [6.07, 6.45) is 4.23. The van der Waals surface area contributed by atoms with Crippen molar-refractivity contribution in [2.75, 3.05) is 19.8 Å². The van der Waals surface area contributed by atoms with Gasteiger partial charge in [0.1, 0.15) is 5.82 Å². The van der Waals surface area contributed by atoms with E-state index in [0.717, 1.165) is 30.9 Å². The largest absolute Gasteiger partial charge is 0.399 e. The van der Waals surface area contributed by atoms with Crippen molar-refractivity contribution in [3.63, 3.8) is 0 Å². The molecule has 0 saturated carbocycles. The summed E-state index contributed by atoms with van der Waals surface area (Å²) in [5, 5.41) is 0. The zero-order valence-corrected chi connectivity index (χ0v) is 11.5. The number of aryl methyl sites for hydroxylation is 1. The topological polar surface area (TPSA) is 57.9 Å². The number of aromatic nitrogens is 2. The Morgan fingerprint density at radius 2 is 2.26 bits per heavy atom. The molecule has 1 aliphatic carbocycles. The van der Waals surface area contributed by atoms with Crippen LogP contribution < -0.4 is 5.73 Å². The van der Waals surface area contributed by atoms with Crippen LogP contribution >= 0.6 is 0 Å². The zero-order valence-electron chi connectivity index (χ0n) is 11.5. The number of aromatic amines is 1. The number of nitrogens with two attached hydrogens (primary N) is 1. The molecule has 3 N–H and O–H groups in total. The Bertz CT molecular complexity index is 586. The molecule has 0 radical (unpaired) electrons. The molecule has 1 atom stereocenters. The van der Waals surface area contributed by atoms with Gasteiger partial charge >= 0.3 is 0 Å². The number of benzene rings is 1. The summed E-state index contributed by atoms with van der Waals surface area (Å²) in [4.78, 5) is 10.0. The number of nitrogens with zero attached hydrogens (tertiary/aromatic N) is 2. The maximum Gasteiger partial charge on any atom is 0.120 e. The van der Waals surface area contributed by atoms with Gasteiger partial charge in [-0.25, -0.2) is 4.98 Å². The van der Waals surface area contributed by atoms with Gasteiger partial charge in [0.2, 0.25) is 0 Å². The van der Waals surface area contributed by atoms with Crippen molar-refractivity contribution < 1.29 is 0 Å². The number of rotatable bonds is 3. The van der Waals surface area contributed by atoms with Crippen LogP contribution in [-0.2, 0) is 13.0 Å². The van der Waals surface area contributed by atoms with Crippen LogP contribution in [0.4, 0.5) is 5.69 Å². The van der Waals surface area contributed by atoms with Gasteiger partial charge in [0.25, 0.3) is 0 Å². The van der Waals surface area contributed by atoms with Gasteiger partial charge in [-0.15, -0.1) is 0 Å². The summed E-state index contributed by atoms with van der Waals surface area (Å²) in [6.45, 7) is 0.849. The maximum absolute atomic E-state index is 5.85. The monoisotopic (exact) mass is 256 g/mol. The fourth-order valence-electron chi connectivity index (χ4n) is 2.90. The van der Waals surface area contributed by atoms with Gasteiger partial charge in [0.05, 0.1) is 6.54 Å². The molecule has 4 heteroatoms. The van der Waals surface area contributed by atoms with Gasteiger partial charge in [-0.1, -0.05) is 6.07 Å². The first kappa shape index (κ1) is 12.2. The Morgan fingerprint density at radius 1 is 1.42 bits per heavy atom. The second-order valence-corrected chi connectivity index (χ2v) is 5.57. The molecule has 1 unspecified atom stereocenters. The van der Waals surface area contributed by atoms with Crippen LogP contribution in [0.2, 0.25) is 0 Å². The third-order valence-electron chi connectivity index (χ3n) is 3.73. The van der Waals surface area contributed by atoms with E-state index in [9.17, 15) is 0 Å². The van der Waals surface area contributed by atoms with Gasteiger partial charge in [0, 0.05) is 23.5 Å². The molecule has 0 fully saturated rings. The molecule has 2 aromatic rings. The molecule has 0 bridgehead atoms. The lowest BCUT2D eigenvalue weighted by molar-refractivity contribution is 0.391. The summed E-state index contributed by atoms with van der Waals surface area (Å²) in [7, 11) is 4.10. The van der Waals surface area contributed by atoms with E-state index in [4.69, 9.17) is 5.73 Å². The summed E-state index contributed by atoms with van der Waals surface area (Å²) in [6, 6.07) is 6.26. The van der Waals surface area contributed by atoms with E-state index >= 15 is 0 Å². The van der Waals surface area contributed by atoms with Gasteiger partial charge in [-0.3, -0.25) is 0 Å². The standard InChI is InChI=1S/C15H20N4/c1-19(2)9-15-17-8-14(18-15)13-5-3-10-7-11(16)4-6-12(10)13/h4,6-8,13H,3,5,9,16H2,1-2H3,(H,17,18). The summed E-state index contributed by atoms with van der Waals surface area (Å²) >= 11 is 0. The molecule has 1 aromatic heterocycles. The number of nitrogen functional groups attached to an aromatic ring is 1. The van der Waals surface area contributed by atoms with Crippen molar-refractivity contribution in [2.24, 2.45) is 0 Å². The van der Waals surface area contributed by atoms with Crippen LogP contribution in [0.15, 0.2) is 24.4 Å². The van der Waals surface area contributed by atoms with Gasteiger partial charge in [-0.05, 0) is 50.2 Å². The average Bonchev–Trinajstić information content (AvgIpc) is 2.93. The van der Waals surface area contributed by atoms with E-state index in [2.05, 4.69) is 41.1 Å². The number of H-pyrrole nitrogens is 1. The highest BCUT2D eigenvalue weighted by atomic mass is 15.1. The number of imidazole rings is 1. The molecule has 4 nitrogen and oxygen atoms in total. The predicted molar refractivity (Wildman–Crippen MR) is 77.0 cm³/mol. The number of fused-ring (bicyclic) bond motifs is 1. The maximum atomic E-state index is 5.85. The van der Waals surface area contributed by atoms with E-state index in [1.54, 1.807) is 0 Å². The van der Waals surface area contributed by atoms with Crippen molar-refractivity contribution >= 4 is 5.69 Å². The fraction of sp³-hybridized carbons (Fsp3) is 0.400. The van der Waals surface area contributed by atoms with Crippen LogP contribution in [0.1, 0.15) is 35.0 Å². The molecule has 3 rings (SSSR count). The van der Waals surface area contributed by atoms with E-state index < -0.39 is 0 Å². The lowest BCUT2D eigenvalue weighted by atomic mass is 9.98. The second kappa shape index (κ2) is 4.70. The Kier molecular flexibility index (Phi) is 3.03. The Labute approximate surface area is 113 Å². The quantitative estimate of drug-likeness (QED) is 0.827. The minimum Gasteiger partial charge on any atom is -0.399 e. The van der Waals surface area contributed by atoms with Crippen molar-refractivity contribution in [1.29, 1.82) is 0 Å². The van der Waals surface area contributed by atoms with Crippen molar-refractivity contribution in [2.45, 2.75) is 25.3 Å². The lowest BCUT2D eigenvalue weighted by Gasteiger charge is -2.10. The normalized spacial score (nSPS) is 17.9. The first-order valence-electron chi connectivity index (χ1n) is 6.70. The Hall–Kier alpha value is -1.81. The van der Waals surface area contributed by atoms with Crippen molar-refractivity contribution in [1.82, 2.24) is 14.9 Å². The molecule has 0 amide bonds. The molecule has 0 saturated heterocycles. The van der Waals surface area contributed by atoms with E-state index in [0.29, 0.717) is 5.92 Å². The molecule has 1 aromatic carbocycles. The number of hydrogen-bond donors (Lipinski definition) is 2. The van der Waals surface area contributed by atoms with Crippen molar-refractivity contribution in [3.8, 4) is 0 Å². The molecule has 0 spiro atoms. The predicted octanol–water partition coefficient (Wildman–Crippen LogP) is 2.13. The second-order valence-electron chi connectivity index (χ2n) is 5.57. The molecule has 0 aliphatic heterocycles. The Balaban J connectivity index is 1.87. The van der Waals surface area contributed by atoms with Crippen LogP contribution in [0.25, 0.3) is 0 Å². The molecular weight excluding hydrogens is 236 g/mol. The van der Waals surface area contributed by atoms with E-state index in [1.165, 1.54) is 16.8 Å². The molecule has 1 heterocycles. The summed E-state index contributed by atoms with van der Waals surface area (Å²) in [5.74, 6) is 1.47. The van der Waals surface area contributed by atoms with Gasteiger partial charge in [0.15, 0.2) is 0 Å². The smallest absolute Gasteiger partial charge is 0.120 e. The summed E-state index contributed by atoms with van der Waals surface area (Å²) < 4.78 is 0. The highest BCUT2D eigenvalue weighted by Gasteiger charge is 2.25. The van der Waals surface area contributed by atoms with E-state index in [-0.39, 0.29) is 0 Å². The fourth-order valence-corrected chi connectivity index (χ4v) is 2.90. The SMILES string of the molecule is CN(C)Cc1ncc(C2CCc3cc(N)ccc32)[nH]1. The van der Waals surface area contributed by atoms with Gasteiger partial charge in [-0.2, -0.15) is 0 Å². The molecule has 1 aliphatic rings. The minimum absolute atomic E-state index is 0.444. The summed E-state index contributed by atoms with van der Waals surface area (Å²) in [5.41, 5.74) is 10.7. The number of nitrogens with one attached hydrogen (secondary N) is 1. The third-order valence-corrected chi connectivity index (χ3v) is 3.73. The number of hydrogen-bond acceptors (Lipinski definition) is 3. The average molecular weight is 256 g/mol. The highest BCUT2D eigenvalue weighted by Crippen LogP contribution is 2.38. The van der Waals surface area contributed by atoms with Crippen LogP contribution in [0, 0.1) is 0 Å². The first-order chi connectivity index (χ1) is 9.13. The van der Waals surface area contributed by atoms with Crippen LogP contribution in [0.3, 0.4) is 0 Å². The minimum atomic E-state index is 0.444. The molecule has 100 valence electrons. The van der Waals surface area contributed by atoms with Crippen molar-refractivity contribution in [3.05, 3.63) is 47.0 Å².